The SMILES string of the molecule is CN(C(=O)CNC(=O)NC1CC1)c1ccccc1. The van der Waals surface area contributed by atoms with Gasteiger partial charge in [0.25, 0.3) is 0 Å². The second-order valence-corrected chi connectivity index (χ2v) is 4.39. The molecule has 1 aliphatic rings. The summed E-state index contributed by atoms with van der Waals surface area (Å²) in [5.41, 5.74) is 0.812. The van der Waals surface area contributed by atoms with Gasteiger partial charge < -0.3 is 15.5 Å². The van der Waals surface area contributed by atoms with Crippen molar-refractivity contribution >= 4 is 17.6 Å². The third-order valence-corrected chi connectivity index (χ3v) is 2.83. The summed E-state index contributed by atoms with van der Waals surface area (Å²) < 4.78 is 0. The summed E-state index contributed by atoms with van der Waals surface area (Å²) >= 11 is 0. The van der Waals surface area contributed by atoms with Crippen molar-refractivity contribution in [1.29, 1.82) is 0 Å². The maximum absolute atomic E-state index is 11.8. The molecule has 1 aromatic carbocycles. The smallest absolute Gasteiger partial charge is 0.315 e. The predicted molar refractivity (Wildman–Crippen MR) is 69.4 cm³/mol. The molecule has 2 N–H and O–H groups in total. The summed E-state index contributed by atoms with van der Waals surface area (Å²) in [6.45, 7) is 0.00392. The second kappa shape index (κ2) is 5.53. The Morgan fingerprint density at radius 3 is 2.56 bits per heavy atom. The molecular weight excluding hydrogens is 230 g/mol. The largest absolute Gasteiger partial charge is 0.335 e. The Balaban J connectivity index is 1.78. The predicted octanol–water partition coefficient (Wildman–Crippen LogP) is 1.11. The fourth-order valence-electron chi connectivity index (χ4n) is 1.53. The van der Waals surface area contributed by atoms with E-state index in [2.05, 4.69) is 10.6 Å². The monoisotopic (exact) mass is 247 g/mol. The van der Waals surface area contributed by atoms with Crippen LogP contribution in [0.2, 0.25) is 0 Å². The number of hydrogen-bond donors (Lipinski definition) is 2. The molecule has 1 saturated carbocycles. The molecule has 1 fully saturated rings. The van der Waals surface area contributed by atoms with Crippen LogP contribution in [0.5, 0.6) is 0 Å². The van der Waals surface area contributed by atoms with Gasteiger partial charge in [0, 0.05) is 18.8 Å². The zero-order valence-corrected chi connectivity index (χ0v) is 10.3. The van der Waals surface area contributed by atoms with Crippen LogP contribution in [-0.4, -0.2) is 31.6 Å². The third kappa shape index (κ3) is 3.48. The van der Waals surface area contributed by atoms with Crippen molar-refractivity contribution in [3.63, 3.8) is 0 Å². The van der Waals surface area contributed by atoms with Gasteiger partial charge in [-0.2, -0.15) is 0 Å². The van der Waals surface area contributed by atoms with Gasteiger partial charge in [0.2, 0.25) is 5.91 Å². The summed E-state index contributed by atoms with van der Waals surface area (Å²) in [4.78, 5) is 24.7. The zero-order chi connectivity index (χ0) is 13.0. The number of anilines is 1. The Morgan fingerprint density at radius 2 is 1.94 bits per heavy atom. The van der Waals surface area contributed by atoms with E-state index in [9.17, 15) is 9.59 Å². The highest BCUT2D eigenvalue weighted by Crippen LogP contribution is 2.18. The van der Waals surface area contributed by atoms with Gasteiger partial charge in [-0.05, 0) is 25.0 Å². The number of likely N-dealkylation sites (N-methyl/N-ethyl adjacent to an activating group) is 1. The third-order valence-electron chi connectivity index (χ3n) is 2.83. The van der Waals surface area contributed by atoms with Gasteiger partial charge in [-0.1, -0.05) is 18.2 Å². The molecule has 0 aromatic heterocycles. The molecule has 0 unspecified atom stereocenters. The number of hydrogen-bond acceptors (Lipinski definition) is 2. The Kier molecular flexibility index (Phi) is 3.82. The summed E-state index contributed by atoms with van der Waals surface area (Å²) in [6, 6.07) is 9.35. The van der Waals surface area contributed by atoms with Crippen molar-refractivity contribution in [2.24, 2.45) is 0 Å². The summed E-state index contributed by atoms with van der Waals surface area (Å²) in [7, 11) is 1.69. The number of carbonyl (C=O) groups excluding carboxylic acids is 2. The first-order valence-electron chi connectivity index (χ1n) is 6.03. The van der Waals surface area contributed by atoms with Gasteiger partial charge in [-0.3, -0.25) is 4.79 Å². The Bertz CT molecular complexity index is 429. The zero-order valence-electron chi connectivity index (χ0n) is 10.3. The molecule has 0 bridgehead atoms. The van der Waals surface area contributed by atoms with E-state index >= 15 is 0 Å². The average Bonchev–Trinajstić information content (AvgIpc) is 3.20. The number of carbonyl (C=O) groups is 2. The molecule has 5 heteroatoms. The van der Waals surface area contributed by atoms with Crippen LogP contribution in [0.15, 0.2) is 30.3 Å². The quantitative estimate of drug-likeness (QED) is 0.837. The topological polar surface area (TPSA) is 61.4 Å². The van der Waals surface area contributed by atoms with E-state index in [-0.39, 0.29) is 18.5 Å². The number of para-hydroxylation sites is 1. The normalized spacial score (nSPS) is 13.8. The van der Waals surface area contributed by atoms with Crippen molar-refractivity contribution in [2.75, 3.05) is 18.5 Å². The van der Waals surface area contributed by atoms with Crippen LogP contribution in [0.25, 0.3) is 0 Å². The summed E-state index contributed by atoms with van der Waals surface area (Å²) in [5.74, 6) is -0.146. The minimum atomic E-state index is -0.271. The van der Waals surface area contributed by atoms with E-state index in [1.54, 1.807) is 7.05 Å². The van der Waals surface area contributed by atoms with Crippen LogP contribution in [0.3, 0.4) is 0 Å². The van der Waals surface area contributed by atoms with E-state index in [0.717, 1.165) is 18.5 Å². The van der Waals surface area contributed by atoms with E-state index in [1.165, 1.54) is 4.90 Å². The van der Waals surface area contributed by atoms with Crippen molar-refractivity contribution in [1.82, 2.24) is 10.6 Å². The highest BCUT2D eigenvalue weighted by Gasteiger charge is 2.23. The lowest BCUT2D eigenvalue weighted by atomic mass is 10.3. The van der Waals surface area contributed by atoms with Gasteiger partial charge in [0.1, 0.15) is 0 Å². The van der Waals surface area contributed by atoms with Crippen LogP contribution in [0, 0.1) is 0 Å². The van der Waals surface area contributed by atoms with Gasteiger partial charge >= 0.3 is 6.03 Å². The maximum Gasteiger partial charge on any atom is 0.315 e. The molecule has 0 atom stereocenters. The van der Waals surface area contributed by atoms with Gasteiger partial charge in [0.15, 0.2) is 0 Å². The molecule has 2 rings (SSSR count). The van der Waals surface area contributed by atoms with Crippen molar-refractivity contribution in [3.05, 3.63) is 30.3 Å². The van der Waals surface area contributed by atoms with E-state index in [0.29, 0.717) is 6.04 Å². The molecule has 0 radical (unpaired) electrons. The van der Waals surface area contributed by atoms with Crippen molar-refractivity contribution < 1.29 is 9.59 Å². The molecule has 96 valence electrons. The lowest BCUT2D eigenvalue weighted by Gasteiger charge is -2.17. The van der Waals surface area contributed by atoms with Crippen LogP contribution >= 0.6 is 0 Å². The second-order valence-electron chi connectivity index (χ2n) is 4.39. The summed E-state index contributed by atoms with van der Waals surface area (Å²) in [6.07, 6.45) is 2.07. The van der Waals surface area contributed by atoms with E-state index in [4.69, 9.17) is 0 Å². The minimum Gasteiger partial charge on any atom is -0.335 e. The lowest BCUT2D eigenvalue weighted by molar-refractivity contribution is -0.117. The number of benzene rings is 1. The fourth-order valence-corrected chi connectivity index (χ4v) is 1.53. The molecule has 0 aliphatic heterocycles. The lowest BCUT2D eigenvalue weighted by Crippen LogP contribution is -2.43. The maximum atomic E-state index is 11.8. The fraction of sp³-hybridized carbons (Fsp3) is 0.385. The molecule has 0 heterocycles. The molecule has 5 nitrogen and oxygen atoms in total. The Labute approximate surface area is 106 Å². The molecule has 1 aliphatic carbocycles. The van der Waals surface area contributed by atoms with Crippen LogP contribution in [0.1, 0.15) is 12.8 Å². The molecular formula is C13H17N3O2. The Morgan fingerprint density at radius 1 is 1.28 bits per heavy atom. The Hall–Kier alpha value is -2.04. The van der Waals surface area contributed by atoms with Crippen LogP contribution < -0.4 is 15.5 Å². The number of rotatable bonds is 4. The number of urea groups is 1. The molecule has 0 saturated heterocycles. The van der Waals surface area contributed by atoms with E-state index < -0.39 is 0 Å². The molecule has 1 aromatic rings. The number of nitrogens with zero attached hydrogens (tertiary/aromatic N) is 1. The first-order chi connectivity index (χ1) is 8.66. The van der Waals surface area contributed by atoms with Crippen molar-refractivity contribution in [2.45, 2.75) is 18.9 Å². The minimum absolute atomic E-state index is 0.00392. The highest BCUT2D eigenvalue weighted by molar-refractivity contribution is 5.96. The first kappa shape index (κ1) is 12.4. The van der Waals surface area contributed by atoms with Crippen molar-refractivity contribution in [3.8, 4) is 0 Å². The van der Waals surface area contributed by atoms with Crippen LogP contribution in [0.4, 0.5) is 10.5 Å². The standard InChI is InChI=1S/C13H17N3O2/c1-16(11-5-3-2-4-6-11)12(17)9-14-13(18)15-10-7-8-10/h2-6,10H,7-9H2,1H3,(H2,14,15,18). The number of amides is 3. The van der Waals surface area contributed by atoms with Gasteiger partial charge in [-0.25, -0.2) is 4.79 Å². The average molecular weight is 247 g/mol. The molecule has 18 heavy (non-hydrogen) atoms. The summed E-state index contributed by atoms with van der Waals surface area (Å²) in [5, 5.41) is 5.33. The molecule has 0 spiro atoms. The van der Waals surface area contributed by atoms with Gasteiger partial charge in [-0.15, -0.1) is 0 Å². The number of nitrogens with one attached hydrogen (secondary N) is 2. The first-order valence-corrected chi connectivity index (χ1v) is 6.03. The van der Waals surface area contributed by atoms with Gasteiger partial charge in [0.05, 0.1) is 6.54 Å². The van der Waals surface area contributed by atoms with Crippen LogP contribution in [-0.2, 0) is 4.79 Å². The van der Waals surface area contributed by atoms with E-state index in [1.807, 2.05) is 30.3 Å². The highest BCUT2D eigenvalue weighted by atomic mass is 16.2. The molecule has 3 amide bonds.